The van der Waals surface area contributed by atoms with Crippen molar-refractivity contribution in [1.82, 2.24) is 48.4 Å². The van der Waals surface area contributed by atoms with Crippen LogP contribution >= 0.6 is 0 Å². The molecule has 0 saturated heterocycles. The van der Waals surface area contributed by atoms with Crippen molar-refractivity contribution < 1.29 is 4.79 Å². The lowest BCUT2D eigenvalue weighted by atomic mass is 10.00. The van der Waals surface area contributed by atoms with Crippen molar-refractivity contribution in [3.63, 3.8) is 0 Å². The van der Waals surface area contributed by atoms with Crippen molar-refractivity contribution in [2.45, 2.75) is 296 Å². The fourth-order valence-electron chi connectivity index (χ4n) is 9.41. The molecule has 0 fully saturated rings. The van der Waals surface area contributed by atoms with Crippen molar-refractivity contribution in [3.05, 3.63) is 126 Å². The Morgan fingerprint density at radius 3 is 1.46 bits per heavy atom. The topological polar surface area (TPSA) is 199 Å². The van der Waals surface area contributed by atoms with Gasteiger partial charge in [-0.2, -0.15) is 0 Å². The number of anilines is 2. The van der Waals surface area contributed by atoms with Gasteiger partial charge < -0.3 is 34.6 Å². The molecule has 556 valence electrons. The Labute approximate surface area is 594 Å². The number of nitrogens with zero attached hydrogens (tertiary/aromatic N) is 12. The van der Waals surface area contributed by atoms with E-state index in [2.05, 4.69) is 195 Å². The van der Waals surface area contributed by atoms with Gasteiger partial charge in [0.05, 0.1) is 11.4 Å². The highest BCUT2D eigenvalue weighted by molar-refractivity contribution is 6.03. The summed E-state index contributed by atoms with van der Waals surface area (Å²) < 4.78 is 7.02. The molecule has 0 aromatic carbocycles. The van der Waals surface area contributed by atoms with Crippen molar-refractivity contribution in [3.8, 4) is 0 Å². The molecular weight excluding hydrogens is 1210 g/mol. The monoisotopic (exact) mass is 1350 g/mol. The summed E-state index contributed by atoms with van der Waals surface area (Å²) in [5.41, 5.74) is 14.0. The van der Waals surface area contributed by atoms with Crippen LogP contribution in [0.3, 0.4) is 0 Å². The van der Waals surface area contributed by atoms with E-state index < -0.39 is 0 Å². The molecule has 0 spiro atoms. The summed E-state index contributed by atoms with van der Waals surface area (Å²) in [6.07, 6.45) is 19.4. The maximum atomic E-state index is 11.5. The first-order chi connectivity index (χ1) is 46.4. The van der Waals surface area contributed by atoms with E-state index in [1.54, 1.807) is 14.0 Å². The largest absolute Gasteiger partial charge is 0.370 e. The molecule has 10 heterocycles. The van der Waals surface area contributed by atoms with Gasteiger partial charge in [-0.05, 0) is 176 Å². The van der Waals surface area contributed by atoms with Crippen LogP contribution < -0.4 is 27.2 Å². The van der Waals surface area contributed by atoms with Crippen LogP contribution in [0.1, 0.15) is 273 Å². The average molecular weight is 1360 g/mol. The molecule has 5 aromatic heterocycles. The Bertz CT molecular complexity index is 3020. The number of allylic oxidation sites excluding steroid dienone is 2. The minimum atomic E-state index is -0.257. The molecule has 0 saturated carbocycles. The second-order valence-corrected chi connectivity index (χ2v) is 22.4. The standard InChI is InChI=1S/C10H14N2.C9H14N2O2.C8H10N2.2C8H14N2.C8H13N.C6H11N.C5H8N2O.C4H11N.C3H8.5C2H6/c1-2-9-6-5-8-4-3-7-11-10(8)12-9;1-5-7-6(2)8(12)11(4)9(13)10(7)3;1-3-7-4-2-6-10-8(7)9-5-1;1-5-8-9-6(2)7(3)10(8)4;1-5-10-7(3)6(2)9-8(10)4;1-4-8-5-6(2)7(3)9-8;1-2-6-4-3-5-7-6;1-2-4-6-3-5(8)7-4;1-4-5(2)3;1-3-2;5*1-2/h3-4,7,9H,2,5-6H2,1H3,(H,11,12);5H2,1-4H3;1,3,5H,2,4,6H2,(H,9,10);2*5H2,1-4H3;4-5H2,1-3H3;2-5H2,1H3;2-3H2,1H3,(H,6,7,8);4H2,1-3H3;3H2,1-2H3;5*1-2H3. The van der Waals surface area contributed by atoms with Gasteiger partial charge in [0.25, 0.3) is 5.56 Å². The van der Waals surface area contributed by atoms with Gasteiger partial charge >= 0.3 is 5.69 Å². The number of hydrogen-bond donors (Lipinski definition) is 3. The molecule has 1 unspecified atom stereocenters. The van der Waals surface area contributed by atoms with E-state index in [1.165, 1.54) is 120 Å². The van der Waals surface area contributed by atoms with Gasteiger partial charge in [0.2, 0.25) is 5.91 Å². The van der Waals surface area contributed by atoms with Gasteiger partial charge in [-0.15, -0.1) is 0 Å². The predicted molar refractivity (Wildman–Crippen MR) is 427 cm³/mol. The third kappa shape index (κ3) is 39.4. The molecule has 3 N–H and O–H groups in total. The summed E-state index contributed by atoms with van der Waals surface area (Å²) in [7, 11) is 9.36. The summed E-state index contributed by atoms with van der Waals surface area (Å²) in [6, 6.07) is 8.92. The third-order valence-corrected chi connectivity index (χ3v) is 15.5. The Hall–Kier alpha value is -6.82. The molecule has 0 aliphatic carbocycles. The molecule has 5 aliphatic rings. The van der Waals surface area contributed by atoms with Crippen LogP contribution in [0, 0.1) is 41.5 Å². The normalized spacial score (nSPS) is 13.4. The van der Waals surface area contributed by atoms with Gasteiger partial charge in [-0.25, -0.2) is 24.7 Å². The fraction of sp³-hybridized carbons (Fsp3) is 0.671. The summed E-state index contributed by atoms with van der Waals surface area (Å²) in [5.74, 6) is 5.30. The Balaban J connectivity index is -0.000000322. The van der Waals surface area contributed by atoms with Gasteiger partial charge in [0.15, 0.2) is 0 Å². The zero-order valence-corrected chi connectivity index (χ0v) is 68.6. The number of aromatic nitrogens is 8. The smallest absolute Gasteiger partial charge is 0.330 e. The van der Waals surface area contributed by atoms with E-state index in [1.807, 2.05) is 115 Å². The Morgan fingerprint density at radius 2 is 1.13 bits per heavy atom. The number of nitrogens with one attached hydrogen (secondary N) is 3. The number of aliphatic imine (C=N–C) groups is 3. The van der Waals surface area contributed by atoms with Gasteiger partial charge in [0, 0.05) is 118 Å². The zero-order valence-electron chi connectivity index (χ0n) is 68.6. The van der Waals surface area contributed by atoms with Gasteiger partial charge in [-0.1, -0.05) is 150 Å². The van der Waals surface area contributed by atoms with E-state index in [4.69, 9.17) is 0 Å². The first-order valence-corrected chi connectivity index (χ1v) is 37.2. The average Bonchev–Trinajstić information content (AvgIpc) is 1.80. The van der Waals surface area contributed by atoms with E-state index >= 15 is 0 Å². The molecule has 10 rings (SSSR count). The molecular formula is C79H147N15O3. The number of rotatable bonds is 8. The zero-order chi connectivity index (χ0) is 75.8. The van der Waals surface area contributed by atoms with E-state index in [9.17, 15) is 14.4 Å². The highest BCUT2D eigenvalue weighted by atomic mass is 16.2. The predicted octanol–water partition coefficient (Wildman–Crippen LogP) is 18.2. The van der Waals surface area contributed by atoms with Gasteiger partial charge in [-0.3, -0.25) is 29.1 Å². The number of amidine groups is 1. The highest BCUT2D eigenvalue weighted by Gasteiger charge is 2.16. The van der Waals surface area contributed by atoms with Crippen LogP contribution in [0.5, 0.6) is 0 Å². The number of imidazole rings is 2. The van der Waals surface area contributed by atoms with Crippen LogP contribution in [0.25, 0.3) is 0 Å². The van der Waals surface area contributed by atoms with Crippen LogP contribution in [0.4, 0.5) is 11.6 Å². The number of hydrogen-bond acceptors (Lipinski definition) is 13. The number of carbonyl (C=O) groups is 1. The van der Waals surface area contributed by atoms with Crippen LogP contribution in [-0.4, -0.2) is 113 Å². The minimum absolute atomic E-state index is 0.0156. The summed E-state index contributed by atoms with van der Waals surface area (Å²) in [5, 5.41) is 9.30. The Morgan fingerprint density at radius 1 is 0.598 bits per heavy atom. The fourth-order valence-corrected chi connectivity index (χ4v) is 9.41. The maximum absolute atomic E-state index is 11.5. The number of pyridine rings is 2. The highest BCUT2D eigenvalue weighted by Crippen LogP contribution is 2.23. The first kappa shape index (κ1) is 98.8. The van der Waals surface area contributed by atoms with Crippen molar-refractivity contribution in [2.24, 2.45) is 36.1 Å². The lowest BCUT2D eigenvalue weighted by Crippen LogP contribution is -2.40. The van der Waals surface area contributed by atoms with Crippen molar-refractivity contribution in [1.29, 1.82) is 0 Å². The van der Waals surface area contributed by atoms with Crippen molar-refractivity contribution in [2.75, 3.05) is 50.9 Å². The quantitative estimate of drug-likeness (QED) is 0.134. The molecule has 18 nitrogen and oxygen atoms in total. The third-order valence-electron chi connectivity index (χ3n) is 15.5. The Kier molecular flexibility index (Phi) is 62.7. The minimum Gasteiger partial charge on any atom is -0.370 e. The van der Waals surface area contributed by atoms with Crippen molar-refractivity contribution >= 4 is 34.8 Å². The van der Waals surface area contributed by atoms with E-state index in [-0.39, 0.29) is 17.2 Å². The number of aryl methyl sites for hydroxylation is 6. The maximum Gasteiger partial charge on any atom is 0.330 e. The summed E-state index contributed by atoms with van der Waals surface area (Å²) in [4.78, 5) is 65.2. The van der Waals surface area contributed by atoms with E-state index in [0.717, 1.165) is 96.8 Å². The molecule has 5 aliphatic heterocycles. The molecule has 0 radical (unpaired) electrons. The SMILES string of the molecule is CC.CC.CC.CC.CC.CCC.CCC1=NC(C)=C(C)C1.CCC1=NCC(=O)N1.CCC1=NCCC1.CCC1CCc2cccnc2N1.CCN(C)C.CCc1c(C)c(=O)n(C)c(=O)n1C.CCc1nc(C)c(C)n1C.CCn1c(C)nc(C)c1C.c1cnc2c(c1)CCCN2. The molecule has 5 aromatic rings. The van der Waals surface area contributed by atoms with Gasteiger partial charge in [0.1, 0.15) is 35.7 Å². The van der Waals surface area contributed by atoms with Crippen LogP contribution in [0.2, 0.25) is 0 Å². The number of carbonyl (C=O) groups excluding carboxylic acids is 1. The first-order valence-electron chi connectivity index (χ1n) is 37.2. The summed E-state index contributed by atoms with van der Waals surface area (Å²) >= 11 is 0. The second kappa shape index (κ2) is 61.5. The molecule has 1 atom stereocenters. The molecule has 97 heavy (non-hydrogen) atoms. The second-order valence-electron chi connectivity index (χ2n) is 22.4. The van der Waals surface area contributed by atoms with E-state index in [0.29, 0.717) is 24.6 Å². The molecule has 18 heteroatoms. The summed E-state index contributed by atoms with van der Waals surface area (Å²) in [6.45, 7) is 62.1. The molecule has 0 bridgehead atoms. The van der Waals surface area contributed by atoms with Crippen LogP contribution in [-0.2, 0) is 58.2 Å². The lowest BCUT2D eigenvalue weighted by Gasteiger charge is -2.24. The molecule has 1 amide bonds. The van der Waals surface area contributed by atoms with Crippen LogP contribution in [0.15, 0.2) is 72.5 Å². The lowest BCUT2D eigenvalue weighted by molar-refractivity contribution is -0.117. The number of fused-ring (bicyclic) bond motifs is 2. The number of amides is 1.